The van der Waals surface area contributed by atoms with Gasteiger partial charge in [-0.25, -0.2) is 9.97 Å². The molecule has 0 saturated heterocycles. The summed E-state index contributed by atoms with van der Waals surface area (Å²) in [6.07, 6.45) is 13.4. The van der Waals surface area contributed by atoms with Crippen LogP contribution in [0.5, 0.6) is 0 Å². The quantitative estimate of drug-likeness (QED) is 0.118. The van der Waals surface area contributed by atoms with Gasteiger partial charge in [0.1, 0.15) is 24.7 Å². The van der Waals surface area contributed by atoms with Gasteiger partial charge in [-0.3, -0.25) is 0 Å². The maximum Gasteiger partial charge on any atom is 0.178 e. The fraction of sp³-hybridized carbons (Fsp3) is 0.361. The molecule has 0 aliphatic carbocycles. The van der Waals surface area contributed by atoms with Crippen LogP contribution in [0.25, 0.3) is 0 Å². The number of aryl methyl sites for hydroxylation is 15. The number of rotatable bonds is 12. The van der Waals surface area contributed by atoms with Crippen LogP contribution < -0.4 is 39.2 Å². The fourth-order valence-corrected chi connectivity index (χ4v) is 17.3. The van der Waals surface area contributed by atoms with Crippen molar-refractivity contribution in [2.75, 3.05) is 39.2 Å². The van der Waals surface area contributed by atoms with Gasteiger partial charge in [0, 0.05) is 82.7 Å². The Morgan fingerprint density at radius 3 is 0.785 bits per heavy atom. The fourth-order valence-electron chi connectivity index (χ4n) is 17.3. The first-order valence-corrected chi connectivity index (χ1v) is 39.0. The Bertz CT molecular complexity index is 4390. The van der Waals surface area contributed by atoms with E-state index in [1.807, 2.05) is 0 Å². The van der Waals surface area contributed by atoms with Gasteiger partial charge in [0.25, 0.3) is 0 Å². The van der Waals surface area contributed by atoms with E-state index in [9.17, 15) is 0 Å². The van der Waals surface area contributed by atoms with E-state index in [0.29, 0.717) is 23.7 Å². The molecule has 0 amide bonds. The minimum absolute atomic E-state index is 0.0924. The molecule has 0 saturated carbocycles. The molecule has 0 fully saturated rings. The number of hydrogen-bond donors (Lipinski definition) is 0. The van der Waals surface area contributed by atoms with Crippen LogP contribution in [0.1, 0.15) is 212 Å². The minimum Gasteiger partial charge on any atom is -0.325 e. The molecular weight excluding hydrogens is 1310 g/mol. The van der Waals surface area contributed by atoms with Crippen LogP contribution in [0.3, 0.4) is 0 Å². The van der Waals surface area contributed by atoms with Gasteiger partial charge in [-0.2, -0.15) is 0 Å². The Balaban J connectivity index is 0.000000143. The molecule has 1 atom stereocenters. The van der Waals surface area contributed by atoms with Crippen molar-refractivity contribution in [3.05, 3.63) is 295 Å². The van der Waals surface area contributed by atoms with E-state index in [-0.39, 0.29) is 24.7 Å². The van der Waals surface area contributed by atoms with E-state index in [1.54, 1.807) is 12.4 Å². The lowest BCUT2D eigenvalue weighted by Gasteiger charge is -2.36. The predicted molar refractivity (Wildman–Crippen MR) is 462 cm³/mol. The van der Waals surface area contributed by atoms with E-state index < -0.39 is 0 Å². The number of para-hydroxylation sites is 3. The van der Waals surface area contributed by atoms with E-state index in [4.69, 9.17) is 0 Å². The summed E-state index contributed by atoms with van der Waals surface area (Å²) in [6, 6.07) is 56.3. The maximum absolute atomic E-state index is 4.67. The third-order valence-electron chi connectivity index (χ3n) is 21.5. The Morgan fingerprint density at radius 1 is 0.252 bits per heavy atom. The summed E-state index contributed by atoms with van der Waals surface area (Å²) < 4.78 is 0. The van der Waals surface area contributed by atoms with Crippen LogP contribution in [-0.4, -0.2) is 34.6 Å². The topological polar surface area (TPSA) is 51.7 Å². The molecule has 1 aromatic heterocycles. The van der Waals surface area contributed by atoms with E-state index in [2.05, 4.69) is 413 Å². The second-order valence-corrected chi connectivity index (χ2v) is 32.5. The Hall–Kier alpha value is -10.1. The summed E-state index contributed by atoms with van der Waals surface area (Å²) in [5.41, 5.74) is 38.1. The lowest BCUT2D eigenvalue weighted by atomic mass is 9.89. The van der Waals surface area contributed by atoms with Crippen molar-refractivity contribution in [2.45, 2.75) is 235 Å². The van der Waals surface area contributed by atoms with Gasteiger partial charge in [0.2, 0.25) is 0 Å². The van der Waals surface area contributed by atoms with Crippen molar-refractivity contribution in [3.8, 4) is 0 Å². The molecule has 14 rings (SSSR count). The molecule has 5 heterocycles. The van der Waals surface area contributed by atoms with Gasteiger partial charge in [-0.05, 0) is 305 Å². The second kappa shape index (κ2) is 32.2. The molecule has 0 spiro atoms. The molecule has 558 valence electrons. The standard InChI is InChI=1S/C29H42N2.C24H26N2.C22H24N4.C22H28N2/c1-18(2)24-12-11-13-25(19(3)4)28(24)30-14-15-31(23(30)10)29-26(20(5)6)16-22(9)17-27(29)21(7)8;1-16-10-17(2)13-21(12-16)25-20(5)26(24-9-7-6-8-23(24)25)22-14-18(3)11-19(4)15-22;1-14-8-15(2)11-19(10-14)25-18(5)26(22-21(25)23-6-7-24-22)20-12-16(3)9-17(4)13-20;1-14-10-16(3)21(17(4)11-14)23-8-9-24(20(23)7)22-18(5)12-15(2)13-19(22)6/h11-21,23H,1-10H3;6-15,20H,1-5H3;6-13,18H,1-5H3;8-13,20H,1-7H3. The zero-order valence-electron chi connectivity index (χ0n) is 69.5. The lowest BCUT2D eigenvalue weighted by Crippen LogP contribution is -2.38. The molecule has 107 heavy (non-hydrogen) atoms. The molecule has 4 aliphatic rings. The van der Waals surface area contributed by atoms with Gasteiger partial charge in [-0.15, -0.1) is 0 Å². The van der Waals surface area contributed by atoms with Crippen molar-refractivity contribution in [3.63, 3.8) is 0 Å². The smallest absolute Gasteiger partial charge is 0.178 e. The van der Waals surface area contributed by atoms with Crippen LogP contribution in [0.2, 0.25) is 0 Å². The number of fused-ring (bicyclic) bond motifs is 2. The summed E-state index contributed by atoms with van der Waals surface area (Å²) in [5, 5.41) is 0. The summed E-state index contributed by atoms with van der Waals surface area (Å²) in [6.45, 7) is 60.2. The molecule has 0 N–H and O–H groups in total. The molecule has 10 heteroatoms. The van der Waals surface area contributed by atoms with Crippen molar-refractivity contribution < 1.29 is 0 Å². The third-order valence-corrected chi connectivity index (χ3v) is 21.5. The number of nitrogens with zero attached hydrogens (tertiary/aromatic N) is 10. The third kappa shape index (κ3) is 16.3. The lowest BCUT2D eigenvalue weighted by molar-refractivity contribution is 0.712. The normalized spacial score (nSPS) is 15.0. The van der Waals surface area contributed by atoms with E-state index in [0.717, 1.165) is 23.0 Å². The first-order valence-electron chi connectivity index (χ1n) is 39.0. The molecule has 10 aromatic rings. The van der Waals surface area contributed by atoms with Gasteiger partial charge in [-0.1, -0.05) is 163 Å². The maximum atomic E-state index is 4.67. The first-order chi connectivity index (χ1) is 50.7. The molecule has 0 radical (unpaired) electrons. The van der Waals surface area contributed by atoms with Crippen LogP contribution in [-0.2, 0) is 0 Å². The molecule has 4 aliphatic heterocycles. The largest absolute Gasteiger partial charge is 0.325 e. The van der Waals surface area contributed by atoms with Crippen LogP contribution in [0.4, 0.5) is 68.5 Å². The highest BCUT2D eigenvalue weighted by atomic mass is 15.5. The number of hydrogen-bond acceptors (Lipinski definition) is 10. The SMILES string of the molecule is Cc1cc(C(C)C)c(N2C=CN(c3c(C(C)C)cccc3C(C)C)C2C)c(C(C)C)c1.Cc1cc(C)c(N2C=CN(c3c(C)cc(C)cc3C)C2C)c(C)c1.Cc1cc(C)cc(N2c3ccccc3N(c3cc(C)cc(C)c3)C2C)c1.Cc1cc(C)cc(N2c3nccnc3N(c3cc(C)cc(C)c3)C2C)c1. The first kappa shape index (κ1) is 78.0. The highest BCUT2D eigenvalue weighted by Crippen LogP contribution is 2.50. The van der Waals surface area contributed by atoms with Gasteiger partial charge in [0.15, 0.2) is 11.6 Å². The Kier molecular flexibility index (Phi) is 23.5. The number of aromatic nitrogens is 2. The van der Waals surface area contributed by atoms with Crippen LogP contribution in [0, 0.1) is 104 Å². The highest BCUT2D eigenvalue weighted by molar-refractivity contribution is 5.89. The number of benzene rings is 9. The Labute approximate surface area is 643 Å². The van der Waals surface area contributed by atoms with Crippen LogP contribution in [0.15, 0.2) is 189 Å². The van der Waals surface area contributed by atoms with E-state index >= 15 is 0 Å². The number of anilines is 12. The average Bonchev–Trinajstić information content (AvgIpc) is 1.64. The summed E-state index contributed by atoms with van der Waals surface area (Å²) in [5.74, 6) is 3.75. The monoisotopic (exact) mass is 1420 g/mol. The highest BCUT2D eigenvalue weighted by Gasteiger charge is 2.39. The van der Waals surface area contributed by atoms with Crippen molar-refractivity contribution >= 4 is 68.5 Å². The molecule has 0 bridgehead atoms. The molecule has 10 nitrogen and oxygen atoms in total. The second-order valence-electron chi connectivity index (χ2n) is 32.5. The van der Waals surface area contributed by atoms with Crippen molar-refractivity contribution in [2.24, 2.45) is 0 Å². The molecule has 1 unspecified atom stereocenters. The summed E-state index contributed by atoms with van der Waals surface area (Å²) in [4.78, 5) is 28.6. The van der Waals surface area contributed by atoms with Gasteiger partial charge in [0.05, 0.1) is 11.4 Å². The Morgan fingerprint density at radius 2 is 0.495 bits per heavy atom. The zero-order chi connectivity index (χ0) is 77.5. The zero-order valence-corrected chi connectivity index (χ0v) is 69.5. The summed E-state index contributed by atoms with van der Waals surface area (Å²) in [7, 11) is 0. The average molecular weight is 1430 g/mol. The molecule has 9 aromatic carbocycles. The molecular formula is C97H120N10. The predicted octanol–water partition coefficient (Wildman–Crippen LogP) is 26.2. The van der Waals surface area contributed by atoms with Gasteiger partial charge < -0.3 is 39.2 Å². The van der Waals surface area contributed by atoms with Crippen LogP contribution >= 0.6 is 0 Å². The minimum atomic E-state index is 0.0924. The van der Waals surface area contributed by atoms with Crippen molar-refractivity contribution in [1.82, 2.24) is 9.97 Å². The van der Waals surface area contributed by atoms with E-state index in [1.165, 1.54) is 151 Å². The van der Waals surface area contributed by atoms with Gasteiger partial charge >= 0.3 is 0 Å². The summed E-state index contributed by atoms with van der Waals surface area (Å²) >= 11 is 0. The van der Waals surface area contributed by atoms with Crippen molar-refractivity contribution in [1.29, 1.82) is 0 Å².